The summed E-state index contributed by atoms with van der Waals surface area (Å²) in [6.07, 6.45) is 7.41. The van der Waals surface area contributed by atoms with E-state index in [-0.39, 0.29) is 0 Å². The van der Waals surface area contributed by atoms with Crippen LogP contribution in [0.15, 0.2) is 11.6 Å². The average molecular weight is 180 g/mol. The molecular weight excluding hydrogens is 160 g/mol. The largest absolute Gasteiger partial charge is 0.303 e. The summed E-state index contributed by atoms with van der Waals surface area (Å²) < 4.78 is 0. The summed E-state index contributed by atoms with van der Waals surface area (Å²) in [4.78, 5) is 10.2. The lowest BCUT2D eigenvalue weighted by atomic mass is 9.80. The van der Waals surface area contributed by atoms with Crippen LogP contribution in [0.2, 0.25) is 0 Å². The predicted molar refractivity (Wildman–Crippen MR) is 55.6 cm³/mol. The predicted octanol–water partition coefficient (Wildman–Crippen LogP) is 3.35. The van der Waals surface area contributed by atoms with Crippen LogP contribution in [-0.2, 0) is 4.79 Å². The van der Waals surface area contributed by atoms with Crippen LogP contribution >= 0.6 is 0 Å². The molecule has 1 rings (SSSR count). The molecule has 0 aromatic heterocycles. The van der Waals surface area contributed by atoms with Crippen molar-refractivity contribution in [2.24, 2.45) is 11.3 Å². The van der Waals surface area contributed by atoms with Gasteiger partial charge in [0.15, 0.2) is 0 Å². The van der Waals surface area contributed by atoms with Crippen molar-refractivity contribution in [2.45, 2.75) is 46.5 Å². The highest BCUT2D eigenvalue weighted by Crippen LogP contribution is 2.46. The zero-order valence-electron chi connectivity index (χ0n) is 8.97. The third-order valence-electron chi connectivity index (χ3n) is 3.58. The van der Waals surface area contributed by atoms with Crippen LogP contribution in [0.25, 0.3) is 0 Å². The average Bonchev–Trinajstić information content (AvgIpc) is 2.32. The van der Waals surface area contributed by atoms with Crippen molar-refractivity contribution in [1.29, 1.82) is 0 Å². The Morgan fingerprint density at radius 2 is 2.15 bits per heavy atom. The first-order valence-electron chi connectivity index (χ1n) is 5.22. The van der Waals surface area contributed by atoms with E-state index in [0.717, 1.165) is 18.6 Å². The first-order chi connectivity index (χ1) is 6.09. The molecule has 1 aliphatic rings. The second kappa shape index (κ2) is 4.08. The molecule has 0 aliphatic heterocycles. The van der Waals surface area contributed by atoms with Crippen LogP contribution in [-0.4, -0.2) is 6.29 Å². The van der Waals surface area contributed by atoms with Gasteiger partial charge in [-0.05, 0) is 30.6 Å². The van der Waals surface area contributed by atoms with Gasteiger partial charge < -0.3 is 4.79 Å². The van der Waals surface area contributed by atoms with Gasteiger partial charge in [-0.3, -0.25) is 0 Å². The molecule has 0 spiro atoms. The molecule has 13 heavy (non-hydrogen) atoms. The summed E-state index contributed by atoms with van der Waals surface area (Å²) in [6, 6.07) is 0. The molecule has 1 atom stereocenters. The minimum absolute atomic E-state index is 0.364. The topological polar surface area (TPSA) is 17.1 Å². The number of hydrogen-bond acceptors (Lipinski definition) is 1. The number of unbranched alkanes of at least 4 members (excludes halogenated alkanes) is 1. The first-order valence-corrected chi connectivity index (χ1v) is 5.22. The second-order valence-corrected chi connectivity index (χ2v) is 4.63. The van der Waals surface area contributed by atoms with Crippen LogP contribution < -0.4 is 0 Å². The van der Waals surface area contributed by atoms with Gasteiger partial charge in [-0.25, -0.2) is 0 Å². The van der Waals surface area contributed by atoms with Gasteiger partial charge in [0.1, 0.15) is 6.29 Å². The van der Waals surface area contributed by atoms with Gasteiger partial charge in [0.25, 0.3) is 0 Å². The number of carbonyl (C=O) groups is 1. The molecule has 1 aliphatic carbocycles. The summed E-state index contributed by atoms with van der Waals surface area (Å²) in [5.41, 5.74) is 1.92. The molecule has 0 aromatic rings. The fourth-order valence-electron chi connectivity index (χ4n) is 2.06. The van der Waals surface area contributed by atoms with Crippen molar-refractivity contribution in [2.75, 3.05) is 0 Å². The smallest absolute Gasteiger partial charge is 0.120 e. The van der Waals surface area contributed by atoms with Gasteiger partial charge in [-0.2, -0.15) is 0 Å². The van der Waals surface area contributed by atoms with Crippen molar-refractivity contribution in [3.63, 3.8) is 0 Å². The molecule has 0 amide bonds. The number of carbonyl (C=O) groups excluding carboxylic acids is 1. The fraction of sp³-hybridized carbons (Fsp3) is 0.750. The van der Waals surface area contributed by atoms with Crippen LogP contribution in [0.4, 0.5) is 0 Å². The molecule has 1 unspecified atom stereocenters. The third kappa shape index (κ3) is 2.20. The Balaban J connectivity index is 2.60. The van der Waals surface area contributed by atoms with E-state index in [2.05, 4.69) is 26.8 Å². The summed E-state index contributed by atoms with van der Waals surface area (Å²) in [5.74, 6) is 0.787. The third-order valence-corrected chi connectivity index (χ3v) is 3.58. The van der Waals surface area contributed by atoms with E-state index in [1.807, 2.05) is 0 Å². The molecule has 74 valence electrons. The normalized spacial score (nSPS) is 29.5. The van der Waals surface area contributed by atoms with Crippen LogP contribution in [0.1, 0.15) is 46.5 Å². The molecule has 0 heterocycles. The van der Waals surface area contributed by atoms with Gasteiger partial charge in [0.05, 0.1) is 0 Å². The van der Waals surface area contributed by atoms with Crippen molar-refractivity contribution in [3.05, 3.63) is 11.6 Å². The highest BCUT2D eigenvalue weighted by molar-refractivity contribution is 5.49. The minimum Gasteiger partial charge on any atom is -0.303 e. The highest BCUT2D eigenvalue weighted by atomic mass is 16.1. The molecule has 1 heteroatoms. The Morgan fingerprint density at radius 1 is 1.46 bits per heavy atom. The van der Waals surface area contributed by atoms with E-state index in [4.69, 9.17) is 0 Å². The lowest BCUT2D eigenvalue weighted by molar-refractivity contribution is -0.107. The van der Waals surface area contributed by atoms with E-state index in [9.17, 15) is 4.79 Å². The standard InChI is InChI=1S/C12H20O/c1-10-7-8-11(12(10,2)3)6-4-5-9-13/h6,9-10H,4-5,7-8H2,1-3H3. The van der Waals surface area contributed by atoms with E-state index in [1.165, 1.54) is 12.8 Å². The van der Waals surface area contributed by atoms with Gasteiger partial charge in [0.2, 0.25) is 0 Å². The lowest BCUT2D eigenvalue weighted by Gasteiger charge is -2.25. The summed E-state index contributed by atoms with van der Waals surface area (Å²) >= 11 is 0. The number of allylic oxidation sites excluding steroid dienone is 2. The lowest BCUT2D eigenvalue weighted by Crippen LogP contribution is -2.16. The fourth-order valence-corrected chi connectivity index (χ4v) is 2.06. The van der Waals surface area contributed by atoms with Crippen LogP contribution in [0, 0.1) is 11.3 Å². The van der Waals surface area contributed by atoms with E-state index >= 15 is 0 Å². The Labute approximate surface area is 81.2 Å². The molecule has 0 bridgehead atoms. The molecule has 0 saturated heterocycles. The van der Waals surface area contributed by atoms with Crippen molar-refractivity contribution >= 4 is 6.29 Å². The first kappa shape index (κ1) is 10.5. The van der Waals surface area contributed by atoms with Gasteiger partial charge in [-0.1, -0.05) is 32.4 Å². The zero-order valence-corrected chi connectivity index (χ0v) is 8.97. The molecule has 0 N–H and O–H groups in total. The maximum absolute atomic E-state index is 10.2. The summed E-state index contributed by atoms with van der Waals surface area (Å²) in [6.45, 7) is 6.95. The van der Waals surface area contributed by atoms with Crippen molar-refractivity contribution < 1.29 is 4.79 Å². The number of rotatable bonds is 3. The quantitative estimate of drug-likeness (QED) is 0.370. The Kier molecular flexibility index (Phi) is 3.29. The highest BCUT2D eigenvalue weighted by Gasteiger charge is 2.34. The molecule has 1 fully saturated rings. The van der Waals surface area contributed by atoms with Gasteiger partial charge in [0, 0.05) is 6.42 Å². The molecular formula is C12H20O. The second-order valence-electron chi connectivity index (χ2n) is 4.63. The molecule has 0 aromatic carbocycles. The number of hydrogen-bond donors (Lipinski definition) is 0. The Hall–Kier alpha value is -0.590. The molecule has 1 saturated carbocycles. The van der Waals surface area contributed by atoms with Gasteiger partial charge >= 0.3 is 0 Å². The maximum atomic E-state index is 10.2. The zero-order chi connectivity index (χ0) is 9.90. The van der Waals surface area contributed by atoms with Crippen molar-refractivity contribution in [3.8, 4) is 0 Å². The van der Waals surface area contributed by atoms with Crippen molar-refractivity contribution in [1.82, 2.24) is 0 Å². The summed E-state index contributed by atoms with van der Waals surface area (Å²) in [5, 5.41) is 0. The summed E-state index contributed by atoms with van der Waals surface area (Å²) in [7, 11) is 0. The van der Waals surface area contributed by atoms with E-state index in [0.29, 0.717) is 11.8 Å². The molecule has 1 nitrogen and oxygen atoms in total. The molecule has 0 radical (unpaired) electrons. The van der Waals surface area contributed by atoms with E-state index in [1.54, 1.807) is 5.57 Å². The SMILES string of the molecule is CC1CCC(=CCCC=O)C1(C)C. The Bertz CT molecular complexity index is 213. The van der Waals surface area contributed by atoms with Crippen LogP contribution in [0.3, 0.4) is 0 Å². The Morgan fingerprint density at radius 3 is 2.62 bits per heavy atom. The van der Waals surface area contributed by atoms with E-state index < -0.39 is 0 Å². The number of aldehydes is 1. The minimum atomic E-state index is 0.364. The maximum Gasteiger partial charge on any atom is 0.120 e. The van der Waals surface area contributed by atoms with Gasteiger partial charge in [-0.15, -0.1) is 0 Å². The monoisotopic (exact) mass is 180 g/mol. The van der Waals surface area contributed by atoms with Crippen LogP contribution in [0.5, 0.6) is 0 Å².